The molecule has 1 atom stereocenters. The van der Waals surface area contributed by atoms with Gasteiger partial charge in [-0.3, -0.25) is 4.79 Å². The second-order valence-corrected chi connectivity index (χ2v) is 4.93. The van der Waals surface area contributed by atoms with Gasteiger partial charge < -0.3 is 15.4 Å². The molecule has 104 valence electrons. The number of benzene rings is 1. The van der Waals surface area contributed by atoms with Crippen LogP contribution in [-0.2, 0) is 11.2 Å². The quantitative estimate of drug-likeness (QED) is 0.856. The average molecular weight is 262 g/mol. The van der Waals surface area contributed by atoms with Crippen molar-refractivity contribution in [3.8, 4) is 5.75 Å². The van der Waals surface area contributed by atoms with E-state index in [0.717, 1.165) is 36.4 Å². The Balaban J connectivity index is 1.96. The van der Waals surface area contributed by atoms with E-state index >= 15 is 0 Å². The van der Waals surface area contributed by atoms with Crippen LogP contribution in [0.15, 0.2) is 18.2 Å². The van der Waals surface area contributed by atoms with Crippen LogP contribution >= 0.6 is 0 Å². The minimum Gasteiger partial charge on any atom is -0.496 e. The molecule has 0 aromatic heterocycles. The Bertz CT molecular complexity index is 440. The van der Waals surface area contributed by atoms with Crippen LogP contribution < -0.4 is 15.4 Å². The molecule has 2 rings (SSSR count). The van der Waals surface area contributed by atoms with Crippen molar-refractivity contribution in [2.45, 2.75) is 38.6 Å². The molecule has 0 saturated carbocycles. The van der Waals surface area contributed by atoms with Gasteiger partial charge in [0, 0.05) is 18.2 Å². The molecule has 1 fully saturated rings. The standard InChI is InChI=1S/C15H22N2O2/c1-3-11-9-13(6-7-14(11)19-2)17-15(18)10-12-5-4-8-16-12/h6-7,9,12,16H,3-5,8,10H2,1-2H3,(H,17,18). The van der Waals surface area contributed by atoms with Crippen molar-refractivity contribution >= 4 is 11.6 Å². The number of anilines is 1. The molecule has 1 aromatic rings. The van der Waals surface area contributed by atoms with Crippen LogP contribution in [0.5, 0.6) is 5.75 Å². The van der Waals surface area contributed by atoms with Crippen LogP contribution in [-0.4, -0.2) is 25.6 Å². The number of rotatable bonds is 5. The molecular weight excluding hydrogens is 240 g/mol. The van der Waals surface area contributed by atoms with Crippen LogP contribution in [0.2, 0.25) is 0 Å². The highest BCUT2D eigenvalue weighted by Crippen LogP contribution is 2.23. The maximum absolute atomic E-state index is 11.9. The van der Waals surface area contributed by atoms with E-state index in [1.165, 1.54) is 6.42 Å². The zero-order valence-electron chi connectivity index (χ0n) is 11.7. The van der Waals surface area contributed by atoms with E-state index in [1.54, 1.807) is 7.11 Å². The first-order valence-corrected chi connectivity index (χ1v) is 6.93. The van der Waals surface area contributed by atoms with Gasteiger partial charge in [-0.1, -0.05) is 6.92 Å². The number of amides is 1. The summed E-state index contributed by atoms with van der Waals surface area (Å²) in [6.07, 6.45) is 3.70. The van der Waals surface area contributed by atoms with Crippen molar-refractivity contribution < 1.29 is 9.53 Å². The van der Waals surface area contributed by atoms with Gasteiger partial charge in [0.25, 0.3) is 0 Å². The Morgan fingerprint density at radius 1 is 1.53 bits per heavy atom. The number of ether oxygens (including phenoxy) is 1. The van der Waals surface area contributed by atoms with E-state index in [9.17, 15) is 4.79 Å². The fourth-order valence-electron chi connectivity index (χ4n) is 2.50. The highest BCUT2D eigenvalue weighted by Gasteiger charge is 2.17. The van der Waals surface area contributed by atoms with Crippen molar-refractivity contribution in [1.82, 2.24) is 5.32 Å². The van der Waals surface area contributed by atoms with Gasteiger partial charge in [-0.25, -0.2) is 0 Å². The molecule has 1 unspecified atom stereocenters. The SMILES string of the molecule is CCc1cc(NC(=O)CC2CCCN2)ccc1OC. The second-order valence-electron chi connectivity index (χ2n) is 4.93. The zero-order valence-corrected chi connectivity index (χ0v) is 11.7. The Morgan fingerprint density at radius 2 is 2.37 bits per heavy atom. The van der Waals surface area contributed by atoms with Crippen LogP contribution in [0, 0.1) is 0 Å². The van der Waals surface area contributed by atoms with Crippen LogP contribution in [0.25, 0.3) is 0 Å². The summed E-state index contributed by atoms with van der Waals surface area (Å²) in [5, 5.41) is 6.29. The van der Waals surface area contributed by atoms with Gasteiger partial charge in [0.1, 0.15) is 5.75 Å². The summed E-state index contributed by atoms with van der Waals surface area (Å²) in [6.45, 7) is 3.10. The van der Waals surface area contributed by atoms with E-state index < -0.39 is 0 Å². The predicted octanol–water partition coefficient (Wildman–Crippen LogP) is 2.34. The second kappa shape index (κ2) is 6.57. The smallest absolute Gasteiger partial charge is 0.225 e. The normalized spacial score (nSPS) is 18.3. The Hall–Kier alpha value is -1.55. The van der Waals surface area contributed by atoms with E-state index in [2.05, 4.69) is 17.6 Å². The van der Waals surface area contributed by atoms with Crippen molar-refractivity contribution in [2.24, 2.45) is 0 Å². The topological polar surface area (TPSA) is 50.4 Å². The highest BCUT2D eigenvalue weighted by molar-refractivity contribution is 5.91. The van der Waals surface area contributed by atoms with Gasteiger partial charge in [-0.2, -0.15) is 0 Å². The molecule has 1 heterocycles. The highest BCUT2D eigenvalue weighted by atomic mass is 16.5. The number of nitrogens with one attached hydrogen (secondary N) is 2. The molecular formula is C15H22N2O2. The summed E-state index contributed by atoms with van der Waals surface area (Å²) in [7, 11) is 1.67. The van der Waals surface area contributed by atoms with Crippen molar-refractivity contribution in [3.63, 3.8) is 0 Å². The van der Waals surface area contributed by atoms with Gasteiger partial charge in [0.2, 0.25) is 5.91 Å². The molecule has 1 saturated heterocycles. The number of methoxy groups -OCH3 is 1. The lowest BCUT2D eigenvalue weighted by atomic mass is 10.1. The molecule has 4 heteroatoms. The first-order valence-electron chi connectivity index (χ1n) is 6.93. The van der Waals surface area contributed by atoms with Crippen molar-refractivity contribution in [3.05, 3.63) is 23.8 Å². The van der Waals surface area contributed by atoms with Gasteiger partial charge in [-0.15, -0.1) is 0 Å². The van der Waals surface area contributed by atoms with E-state index in [1.807, 2.05) is 18.2 Å². The molecule has 0 bridgehead atoms. The summed E-state index contributed by atoms with van der Waals surface area (Å²) in [5.41, 5.74) is 1.96. The van der Waals surface area contributed by atoms with E-state index in [-0.39, 0.29) is 5.91 Å². The molecule has 19 heavy (non-hydrogen) atoms. The first-order chi connectivity index (χ1) is 9.22. The fraction of sp³-hybridized carbons (Fsp3) is 0.533. The lowest BCUT2D eigenvalue weighted by Crippen LogP contribution is -2.27. The molecule has 0 aliphatic carbocycles. The lowest BCUT2D eigenvalue weighted by molar-refractivity contribution is -0.116. The minimum absolute atomic E-state index is 0.0756. The zero-order chi connectivity index (χ0) is 13.7. The minimum atomic E-state index is 0.0756. The van der Waals surface area contributed by atoms with Gasteiger partial charge in [-0.05, 0) is 49.6 Å². The number of hydrogen-bond acceptors (Lipinski definition) is 3. The van der Waals surface area contributed by atoms with E-state index in [0.29, 0.717) is 12.5 Å². The molecule has 1 amide bonds. The molecule has 4 nitrogen and oxygen atoms in total. The Labute approximate surface area is 114 Å². The number of aryl methyl sites for hydroxylation is 1. The fourth-order valence-corrected chi connectivity index (χ4v) is 2.50. The largest absolute Gasteiger partial charge is 0.496 e. The third-order valence-electron chi connectivity index (χ3n) is 3.54. The maximum atomic E-state index is 11.9. The average Bonchev–Trinajstić information content (AvgIpc) is 2.91. The molecule has 1 aromatic carbocycles. The molecule has 1 aliphatic rings. The van der Waals surface area contributed by atoms with Gasteiger partial charge in [0.15, 0.2) is 0 Å². The third-order valence-corrected chi connectivity index (χ3v) is 3.54. The summed E-state index contributed by atoms with van der Waals surface area (Å²) in [4.78, 5) is 11.9. The summed E-state index contributed by atoms with van der Waals surface area (Å²) >= 11 is 0. The first kappa shape index (κ1) is 13.9. The van der Waals surface area contributed by atoms with Crippen LogP contribution in [0.1, 0.15) is 31.7 Å². The maximum Gasteiger partial charge on any atom is 0.225 e. The van der Waals surface area contributed by atoms with Crippen molar-refractivity contribution in [2.75, 3.05) is 19.0 Å². The lowest BCUT2D eigenvalue weighted by Gasteiger charge is -2.12. The number of carbonyl (C=O) groups is 1. The summed E-state index contributed by atoms with van der Waals surface area (Å²) < 4.78 is 5.28. The van der Waals surface area contributed by atoms with Gasteiger partial charge >= 0.3 is 0 Å². The Kier molecular flexibility index (Phi) is 4.80. The van der Waals surface area contributed by atoms with Crippen molar-refractivity contribution in [1.29, 1.82) is 0 Å². The van der Waals surface area contributed by atoms with E-state index in [4.69, 9.17) is 4.74 Å². The third kappa shape index (κ3) is 3.70. The summed E-state index contributed by atoms with van der Waals surface area (Å²) in [6, 6.07) is 6.11. The van der Waals surface area contributed by atoms with Crippen LogP contribution in [0.3, 0.4) is 0 Å². The summed E-state index contributed by atoms with van der Waals surface area (Å²) in [5.74, 6) is 0.949. The molecule has 0 radical (unpaired) electrons. The molecule has 1 aliphatic heterocycles. The monoisotopic (exact) mass is 262 g/mol. The Morgan fingerprint density at radius 3 is 3.00 bits per heavy atom. The molecule has 0 spiro atoms. The van der Waals surface area contributed by atoms with Gasteiger partial charge in [0.05, 0.1) is 7.11 Å². The molecule has 2 N–H and O–H groups in total. The predicted molar refractivity (Wildman–Crippen MR) is 76.6 cm³/mol. The number of carbonyl (C=O) groups excluding carboxylic acids is 1. The van der Waals surface area contributed by atoms with Crippen LogP contribution in [0.4, 0.5) is 5.69 Å². The number of hydrogen-bond donors (Lipinski definition) is 2.